The van der Waals surface area contributed by atoms with E-state index in [9.17, 15) is 4.79 Å². The number of ether oxygens (including phenoxy) is 1. The van der Waals surface area contributed by atoms with Crippen LogP contribution in [0, 0.1) is 0 Å². The Morgan fingerprint density at radius 2 is 2.00 bits per heavy atom. The summed E-state index contributed by atoms with van der Waals surface area (Å²) in [6, 6.07) is 7.35. The van der Waals surface area contributed by atoms with Gasteiger partial charge in [-0.1, -0.05) is 12.1 Å². The first kappa shape index (κ1) is 11.1. The lowest BCUT2D eigenvalue weighted by Gasteiger charge is -2.15. The van der Waals surface area contributed by atoms with Gasteiger partial charge in [-0.25, -0.2) is 0 Å². The quantitative estimate of drug-likeness (QED) is 0.789. The molecule has 1 fully saturated rings. The van der Waals surface area contributed by atoms with E-state index in [-0.39, 0.29) is 18.4 Å². The van der Waals surface area contributed by atoms with Crippen molar-refractivity contribution in [2.24, 2.45) is 5.73 Å². The fourth-order valence-electron chi connectivity index (χ4n) is 2.10. The van der Waals surface area contributed by atoms with Crippen molar-refractivity contribution in [2.75, 3.05) is 6.54 Å². The van der Waals surface area contributed by atoms with E-state index in [0.29, 0.717) is 11.3 Å². The molecule has 0 saturated heterocycles. The van der Waals surface area contributed by atoms with E-state index in [4.69, 9.17) is 10.5 Å². The minimum Gasteiger partial charge on any atom is -0.490 e. The minimum atomic E-state index is -0.0615. The van der Waals surface area contributed by atoms with E-state index in [1.807, 2.05) is 18.2 Å². The number of hydrogen-bond acceptors (Lipinski definition) is 3. The van der Waals surface area contributed by atoms with Gasteiger partial charge in [0.1, 0.15) is 5.75 Å². The van der Waals surface area contributed by atoms with Crippen LogP contribution in [0.2, 0.25) is 0 Å². The van der Waals surface area contributed by atoms with Crippen molar-refractivity contribution in [3.05, 3.63) is 29.8 Å². The number of hydrogen-bond donors (Lipinski definition) is 1. The summed E-state index contributed by atoms with van der Waals surface area (Å²) in [6.07, 6.45) is 4.89. The van der Waals surface area contributed by atoms with Crippen LogP contribution in [-0.2, 0) is 0 Å². The Morgan fingerprint density at radius 3 is 2.69 bits per heavy atom. The molecule has 0 amide bonds. The van der Waals surface area contributed by atoms with Gasteiger partial charge in [0, 0.05) is 0 Å². The van der Waals surface area contributed by atoms with E-state index < -0.39 is 0 Å². The van der Waals surface area contributed by atoms with Crippen molar-refractivity contribution in [3.63, 3.8) is 0 Å². The van der Waals surface area contributed by atoms with Crippen molar-refractivity contribution in [1.82, 2.24) is 0 Å². The maximum atomic E-state index is 11.6. The van der Waals surface area contributed by atoms with Gasteiger partial charge < -0.3 is 10.5 Å². The third-order valence-electron chi connectivity index (χ3n) is 2.97. The molecule has 2 N–H and O–H groups in total. The van der Waals surface area contributed by atoms with Crippen LogP contribution >= 0.6 is 0 Å². The standard InChI is InChI=1S/C13H17NO2/c14-9-12(15)11-7-3-4-8-13(11)16-10-5-1-2-6-10/h3-4,7-8,10H,1-2,5-6,9,14H2. The highest BCUT2D eigenvalue weighted by atomic mass is 16.5. The lowest BCUT2D eigenvalue weighted by Crippen LogP contribution is -2.17. The van der Waals surface area contributed by atoms with Gasteiger partial charge in [-0.2, -0.15) is 0 Å². The molecular weight excluding hydrogens is 202 g/mol. The van der Waals surface area contributed by atoms with Gasteiger partial charge in [-0.15, -0.1) is 0 Å². The molecule has 0 radical (unpaired) electrons. The van der Waals surface area contributed by atoms with Crippen LogP contribution in [0.4, 0.5) is 0 Å². The predicted octanol–water partition coefficient (Wildman–Crippen LogP) is 2.15. The fourth-order valence-corrected chi connectivity index (χ4v) is 2.10. The summed E-state index contributed by atoms with van der Waals surface area (Å²) in [6.45, 7) is 0.0328. The number of carbonyl (C=O) groups is 1. The molecule has 16 heavy (non-hydrogen) atoms. The average Bonchev–Trinajstić information content (AvgIpc) is 2.82. The highest BCUT2D eigenvalue weighted by Gasteiger charge is 2.19. The largest absolute Gasteiger partial charge is 0.490 e. The summed E-state index contributed by atoms with van der Waals surface area (Å²) in [5.74, 6) is 0.624. The van der Waals surface area contributed by atoms with Crippen LogP contribution in [0.5, 0.6) is 5.75 Å². The number of rotatable bonds is 4. The van der Waals surface area contributed by atoms with Gasteiger partial charge >= 0.3 is 0 Å². The molecule has 2 rings (SSSR count). The van der Waals surface area contributed by atoms with Crippen molar-refractivity contribution < 1.29 is 9.53 Å². The molecule has 3 heteroatoms. The van der Waals surface area contributed by atoms with Crippen LogP contribution in [0.25, 0.3) is 0 Å². The summed E-state index contributed by atoms with van der Waals surface area (Å²) in [5.41, 5.74) is 5.98. The molecule has 0 bridgehead atoms. The summed E-state index contributed by atoms with van der Waals surface area (Å²) in [5, 5.41) is 0. The summed E-state index contributed by atoms with van der Waals surface area (Å²) >= 11 is 0. The van der Waals surface area contributed by atoms with Gasteiger partial charge in [0.25, 0.3) is 0 Å². The van der Waals surface area contributed by atoms with Gasteiger partial charge in [-0.05, 0) is 37.8 Å². The number of benzene rings is 1. The van der Waals surface area contributed by atoms with E-state index in [2.05, 4.69) is 0 Å². The van der Waals surface area contributed by atoms with E-state index in [1.165, 1.54) is 12.8 Å². The molecule has 86 valence electrons. The summed E-state index contributed by atoms with van der Waals surface area (Å²) < 4.78 is 5.85. The number of ketones is 1. The zero-order chi connectivity index (χ0) is 11.4. The van der Waals surface area contributed by atoms with Gasteiger partial charge in [0.05, 0.1) is 18.2 Å². The summed E-state index contributed by atoms with van der Waals surface area (Å²) in [7, 11) is 0. The molecule has 3 nitrogen and oxygen atoms in total. The molecule has 0 aromatic heterocycles. The monoisotopic (exact) mass is 219 g/mol. The molecule has 1 saturated carbocycles. The maximum Gasteiger partial charge on any atom is 0.180 e. The Labute approximate surface area is 95.6 Å². The SMILES string of the molecule is NCC(=O)c1ccccc1OC1CCCC1. The molecule has 1 aliphatic rings. The van der Waals surface area contributed by atoms with Crippen molar-refractivity contribution >= 4 is 5.78 Å². The van der Waals surface area contributed by atoms with Crippen LogP contribution < -0.4 is 10.5 Å². The predicted molar refractivity (Wildman–Crippen MR) is 62.7 cm³/mol. The van der Waals surface area contributed by atoms with Gasteiger partial charge in [-0.3, -0.25) is 4.79 Å². The number of carbonyl (C=O) groups excluding carboxylic acids is 1. The number of para-hydroxylation sites is 1. The second-order valence-electron chi connectivity index (χ2n) is 4.15. The van der Waals surface area contributed by atoms with Crippen molar-refractivity contribution in [2.45, 2.75) is 31.8 Å². The lowest BCUT2D eigenvalue weighted by atomic mass is 10.1. The van der Waals surface area contributed by atoms with Crippen LogP contribution in [-0.4, -0.2) is 18.4 Å². The highest BCUT2D eigenvalue weighted by Crippen LogP contribution is 2.26. The third kappa shape index (κ3) is 2.42. The average molecular weight is 219 g/mol. The van der Waals surface area contributed by atoms with Gasteiger partial charge in [0.2, 0.25) is 0 Å². The zero-order valence-corrected chi connectivity index (χ0v) is 9.32. The molecule has 0 heterocycles. The van der Waals surface area contributed by atoms with Gasteiger partial charge in [0.15, 0.2) is 5.78 Å². The van der Waals surface area contributed by atoms with Crippen LogP contribution in [0.15, 0.2) is 24.3 Å². The maximum absolute atomic E-state index is 11.6. The first-order chi connectivity index (χ1) is 7.81. The van der Waals surface area contributed by atoms with Crippen LogP contribution in [0.1, 0.15) is 36.0 Å². The zero-order valence-electron chi connectivity index (χ0n) is 9.32. The normalized spacial score (nSPS) is 16.3. The minimum absolute atomic E-state index is 0.0328. The van der Waals surface area contributed by atoms with E-state index in [1.54, 1.807) is 6.07 Å². The lowest BCUT2D eigenvalue weighted by molar-refractivity contribution is 0.0994. The molecule has 1 aliphatic carbocycles. The molecule has 1 aromatic carbocycles. The molecule has 0 spiro atoms. The molecule has 0 unspecified atom stereocenters. The second-order valence-corrected chi connectivity index (χ2v) is 4.15. The Hall–Kier alpha value is -1.35. The first-order valence-corrected chi connectivity index (χ1v) is 5.80. The number of nitrogens with two attached hydrogens (primary N) is 1. The highest BCUT2D eigenvalue weighted by molar-refractivity contribution is 5.99. The smallest absolute Gasteiger partial charge is 0.180 e. The van der Waals surface area contributed by atoms with E-state index in [0.717, 1.165) is 12.8 Å². The fraction of sp³-hybridized carbons (Fsp3) is 0.462. The first-order valence-electron chi connectivity index (χ1n) is 5.80. The third-order valence-corrected chi connectivity index (χ3v) is 2.97. The number of Topliss-reactive ketones (excluding diaryl/α,β-unsaturated/α-hetero) is 1. The van der Waals surface area contributed by atoms with Crippen molar-refractivity contribution in [3.8, 4) is 5.75 Å². The molecular formula is C13H17NO2. The van der Waals surface area contributed by atoms with Crippen LogP contribution in [0.3, 0.4) is 0 Å². The topological polar surface area (TPSA) is 52.3 Å². The van der Waals surface area contributed by atoms with Crippen molar-refractivity contribution in [1.29, 1.82) is 0 Å². The molecule has 1 aromatic rings. The Balaban J connectivity index is 2.15. The Morgan fingerprint density at radius 1 is 1.31 bits per heavy atom. The second kappa shape index (κ2) is 5.12. The Kier molecular flexibility index (Phi) is 3.57. The summed E-state index contributed by atoms with van der Waals surface area (Å²) in [4.78, 5) is 11.6. The van der Waals surface area contributed by atoms with E-state index >= 15 is 0 Å². The molecule has 0 atom stereocenters. The molecule has 0 aliphatic heterocycles. The Bertz CT molecular complexity index is 370.